The standard InChI is InChI=1S/C27H31N3O6S/c1-37(34,35)29-13-11-19(12-14-29)15-18-5-7-20(8-6-18)17-36-24-4-2-3-21-22(24)16-30(27(21)33)23-9-10-25(31)28-26(23)32/h2-8,19,23H,9-17H2,1H3,(H,28,31,32). The Morgan fingerprint density at radius 1 is 0.973 bits per heavy atom. The van der Waals surface area contributed by atoms with Crippen molar-refractivity contribution < 1.29 is 27.5 Å². The number of sulfonamides is 1. The molecule has 0 aromatic heterocycles. The van der Waals surface area contributed by atoms with E-state index in [9.17, 15) is 22.8 Å². The molecule has 0 saturated carbocycles. The Balaban J connectivity index is 1.18. The summed E-state index contributed by atoms with van der Waals surface area (Å²) in [4.78, 5) is 38.3. The van der Waals surface area contributed by atoms with E-state index in [1.165, 1.54) is 16.7 Å². The highest BCUT2D eigenvalue weighted by atomic mass is 32.2. The van der Waals surface area contributed by atoms with E-state index in [0.717, 1.165) is 30.4 Å². The molecule has 5 rings (SSSR count). The largest absolute Gasteiger partial charge is 0.489 e. The van der Waals surface area contributed by atoms with Gasteiger partial charge in [0.2, 0.25) is 21.8 Å². The topological polar surface area (TPSA) is 113 Å². The minimum atomic E-state index is -3.11. The molecular formula is C27H31N3O6S. The second kappa shape index (κ2) is 10.3. The van der Waals surface area contributed by atoms with Gasteiger partial charge in [-0.05, 0) is 54.9 Å². The van der Waals surface area contributed by atoms with Gasteiger partial charge in [0.25, 0.3) is 5.91 Å². The number of nitrogens with zero attached hydrogens (tertiary/aromatic N) is 2. The zero-order chi connectivity index (χ0) is 26.2. The number of amides is 3. The van der Waals surface area contributed by atoms with Crippen molar-refractivity contribution >= 4 is 27.7 Å². The fourth-order valence-corrected chi connectivity index (χ4v) is 6.28. The third-order valence-corrected chi connectivity index (χ3v) is 8.83. The lowest BCUT2D eigenvalue weighted by Gasteiger charge is -2.30. The van der Waals surface area contributed by atoms with Crippen molar-refractivity contribution in [1.82, 2.24) is 14.5 Å². The first-order chi connectivity index (χ1) is 17.7. The lowest BCUT2D eigenvalue weighted by atomic mass is 9.91. The maximum atomic E-state index is 13.0. The molecule has 3 aliphatic rings. The number of ether oxygens (including phenoxy) is 1. The lowest BCUT2D eigenvalue weighted by molar-refractivity contribution is -0.136. The van der Waals surface area contributed by atoms with Gasteiger partial charge in [-0.3, -0.25) is 19.7 Å². The van der Waals surface area contributed by atoms with Crippen molar-refractivity contribution in [3.63, 3.8) is 0 Å². The number of benzene rings is 2. The van der Waals surface area contributed by atoms with Crippen LogP contribution in [0, 0.1) is 5.92 Å². The van der Waals surface area contributed by atoms with Crippen LogP contribution >= 0.6 is 0 Å². The van der Waals surface area contributed by atoms with E-state index in [1.54, 1.807) is 16.4 Å². The van der Waals surface area contributed by atoms with E-state index in [0.29, 0.717) is 43.3 Å². The van der Waals surface area contributed by atoms with Gasteiger partial charge in [0.05, 0.1) is 12.8 Å². The molecule has 0 spiro atoms. The van der Waals surface area contributed by atoms with Crippen LogP contribution in [0.1, 0.15) is 52.7 Å². The summed E-state index contributed by atoms with van der Waals surface area (Å²) >= 11 is 0. The maximum absolute atomic E-state index is 13.0. The number of imide groups is 1. The number of fused-ring (bicyclic) bond motifs is 1. The van der Waals surface area contributed by atoms with Crippen LogP contribution in [0.4, 0.5) is 0 Å². The molecular weight excluding hydrogens is 494 g/mol. The van der Waals surface area contributed by atoms with Gasteiger partial charge in [-0.2, -0.15) is 0 Å². The first-order valence-corrected chi connectivity index (χ1v) is 14.5. The summed E-state index contributed by atoms with van der Waals surface area (Å²) in [5, 5.41) is 2.32. The van der Waals surface area contributed by atoms with Gasteiger partial charge in [0.15, 0.2) is 0 Å². The van der Waals surface area contributed by atoms with Crippen LogP contribution in [0.5, 0.6) is 5.75 Å². The third-order valence-electron chi connectivity index (χ3n) is 7.52. The predicted molar refractivity (Wildman–Crippen MR) is 136 cm³/mol. The SMILES string of the molecule is CS(=O)(=O)N1CCC(Cc2ccc(COc3cccc4c3CN(C3CCC(=O)NC3=O)C4=O)cc2)CC1. The molecule has 3 aliphatic heterocycles. The first kappa shape index (κ1) is 25.4. The van der Waals surface area contributed by atoms with E-state index in [4.69, 9.17) is 4.74 Å². The van der Waals surface area contributed by atoms with Crippen molar-refractivity contribution in [2.45, 2.75) is 51.3 Å². The average molecular weight is 526 g/mol. The third kappa shape index (κ3) is 5.55. The Morgan fingerprint density at radius 3 is 2.35 bits per heavy atom. The number of rotatable bonds is 7. The molecule has 3 amide bonds. The molecule has 2 saturated heterocycles. The number of carbonyl (C=O) groups is 3. The summed E-state index contributed by atoms with van der Waals surface area (Å²) < 4.78 is 31.1. The Morgan fingerprint density at radius 2 is 1.68 bits per heavy atom. The molecule has 2 aromatic rings. The van der Waals surface area contributed by atoms with Gasteiger partial charge in [-0.25, -0.2) is 12.7 Å². The van der Waals surface area contributed by atoms with Gasteiger partial charge in [-0.1, -0.05) is 30.3 Å². The molecule has 0 bridgehead atoms. The normalized spacial score (nSPS) is 21.2. The lowest BCUT2D eigenvalue weighted by Crippen LogP contribution is -2.52. The van der Waals surface area contributed by atoms with Crippen molar-refractivity contribution in [2.24, 2.45) is 5.92 Å². The number of hydrogen-bond acceptors (Lipinski definition) is 6. The van der Waals surface area contributed by atoms with Gasteiger partial charge < -0.3 is 9.64 Å². The van der Waals surface area contributed by atoms with Gasteiger partial charge in [0.1, 0.15) is 18.4 Å². The van der Waals surface area contributed by atoms with E-state index in [-0.39, 0.29) is 24.8 Å². The van der Waals surface area contributed by atoms with E-state index >= 15 is 0 Å². The fraction of sp³-hybridized carbons (Fsp3) is 0.444. The maximum Gasteiger partial charge on any atom is 0.255 e. The van der Waals surface area contributed by atoms with Crippen molar-refractivity contribution in [3.05, 3.63) is 64.7 Å². The van der Waals surface area contributed by atoms with Crippen molar-refractivity contribution in [2.75, 3.05) is 19.3 Å². The van der Waals surface area contributed by atoms with Crippen LogP contribution < -0.4 is 10.1 Å². The van der Waals surface area contributed by atoms with Crippen molar-refractivity contribution in [3.8, 4) is 5.75 Å². The molecule has 0 radical (unpaired) electrons. The van der Waals surface area contributed by atoms with Gasteiger partial charge in [-0.15, -0.1) is 0 Å². The van der Waals surface area contributed by atoms with E-state index in [2.05, 4.69) is 17.4 Å². The summed E-state index contributed by atoms with van der Waals surface area (Å²) in [6.07, 6.45) is 4.46. The highest BCUT2D eigenvalue weighted by Gasteiger charge is 2.40. The molecule has 196 valence electrons. The van der Waals surface area contributed by atoms with Crippen molar-refractivity contribution in [1.29, 1.82) is 0 Å². The Bertz CT molecular complexity index is 1320. The summed E-state index contributed by atoms with van der Waals surface area (Å²) in [7, 11) is -3.11. The highest BCUT2D eigenvalue weighted by Crippen LogP contribution is 2.34. The van der Waals surface area contributed by atoms with Crippen LogP contribution in [-0.2, 0) is 39.2 Å². The predicted octanol–water partition coefficient (Wildman–Crippen LogP) is 2.24. The smallest absolute Gasteiger partial charge is 0.255 e. The minimum Gasteiger partial charge on any atom is -0.489 e. The molecule has 2 aromatic carbocycles. The van der Waals surface area contributed by atoms with Gasteiger partial charge in [0, 0.05) is 30.6 Å². The van der Waals surface area contributed by atoms with Crippen LogP contribution in [0.15, 0.2) is 42.5 Å². The Kier molecular flexibility index (Phi) is 7.04. The Hall–Kier alpha value is -3.24. The Labute approximate surface area is 216 Å². The molecule has 1 N–H and O–H groups in total. The van der Waals surface area contributed by atoms with Crippen LogP contribution in [-0.4, -0.2) is 60.7 Å². The first-order valence-electron chi connectivity index (χ1n) is 12.6. The molecule has 9 nitrogen and oxygen atoms in total. The molecule has 37 heavy (non-hydrogen) atoms. The van der Waals surface area contributed by atoms with Crippen LogP contribution in [0.3, 0.4) is 0 Å². The minimum absolute atomic E-state index is 0.218. The second-order valence-corrected chi connectivity index (χ2v) is 12.1. The average Bonchev–Trinajstić information content (AvgIpc) is 3.20. The molecule has 2 fully saturated rings. The fourth-order valence-electron chi connectivity index (χ4n) is 5.40. The zero-order valence-corrected chi connectivity index (χ0v) is 21.6. The quantitative estimate of drug-likeness (QED) is 0.555. The summed E-state index contributed by atoms with van der Waals surface area (Å²) in [6, 6.07) is 12.9. The van der Waals surface area contributed by atoms with Gasteiger partial charge >= 0.3 is 0 Å². The number of nitrogens with one attached hydrogen (secondary N) is 1. The molecule has 3 heterocycles. The number of carbonyl (C=O) groups excluding carboxylic acids is 3. The molecule has 1 unspecified atom stereocenters. The van der Waals surface area contributed by atoms with E-state index in [1.807, 2.05) is 18.2 Å². The van der Waals surface area contributed by atoms with Crippen LogP contribution in [0.2, 0.25) is 0 Å². The van der Waals surface area contributed by atoms with E-state index < -0.39 is 22.0 Å². The zero-order valence-electron chi connectivity index (χ0n) is 20.8. The molecule has 10 heteroatoms. The second-order valence-electron chi connectivity index (χ2n) is 10.1. The number of hydrogen-bond donors (Lipinski definition) is 1. The summed E-state index contributed by atoms with van der Waals surface area (Å²) in [6.45, 7) is 1.78. The number of piperidine rings is 2. The highest BCUT2D eigenvalue weighted by molar-refractivity contribution is 7.88. The monoisotopic (exact) mass is 525 g/mol. The molecule has 0 aliphatic carbocycles. The molecule has 1 atom stereocenters. The summed E-state index contributed by atoms with van der Waals surface area (Å²) in [5.41, 5.74) is 3.50. The summed E-state index contributed by atoms with van der Waals surface area (Å²) in [5.74, 6) is 0.125. The van der Waals surface area contributed by atoms with Crippen LogP contribution in [0.25, 0.3) is 0 Å².